The van der Waals surface area contributed by atoms with Crippen LogP contribution >= 0.6 is 0 Å². The smallest absolute Gasteiger partial charge is 0.417 e. The number of β-lactam (4-membered cyclic amide) rings is 1. The summed E-state index contributed by atoms with van der Waals surface area (Å²) in [5.74, 6) is 0.127. The van der Waals surface area contributed by atoms with Gasteiger partial charge in [0.2, 0.25) is 0 Å². The van der Waals surface area contributed by atoms with Gasteiger partial charge in [0.1, 0.15) is 12.7 Å². The minimum atomic E-state index is -1.90. The molecule has 0 aromatic carbocycles. The van der Waals surface area contributed by atoms with Gasteiger partial charge in [-0.05, 0) is 36.9 Å². The van der Waals surface area contributed by atoms with Crippen molar-refractivity contribution in [2.75, 3.05) is 6.61 Å². The highest BCUT2D eigenvalue weighted by Gasteiger charge is 2.57. The minimum Gasteiger partial charge on any atom is -0.445 e. The molecule has 1 saturated heterocycles. The number of rotatable bonds is 8. The lowest BCUT2D eigenvalue weighted by Gasteiger charge is -2.51. The Morgan fingerprint density at radius 2 is 1.80 bits per heavy atom. The normalized spacial score (nSPS) is 24.8. The zero-order valence-electron chi connectivity index (χ0n) is 16.0. The average molecular weight is 368 g/mol. The van der Waals surface area contributed by atoms with E-state index >= 15 is 0 Å². The second-order valence-electron chi connectivity index (χ2n) is 7.24. The number of carbonyl (C=O) groups excluding carboxylic acids is 2. The second-order valence-corrected chi connectivity index (χ2v) is 12.0. The SMILES string of the molecule is C=CCOC(=O)N1C(=O)C(O[Si](CC)(CC)CC)C1C1CCCCC1. The van der Waals surface area contributed by atoms with Gasteiger partial charge in [0, 0.05) is 0 Å². The fraction of sp³-hybridized carbons (Fsp3) is 0.789. The Morgan fingerprint density at radius 3 is 2.32 bits per heavy atom. The molecule has 2 atom stereocenters. The molecule has 2 amide bonds. The van der Waals surface area contributed by atoms with Crippen LogP contribution in [0.3, 0.4) is 0 Å². The van der Waals surface area contributed by atoms with Crippen LogP contribution in [0.15, 0.2) is 12.7 Å². The molecule has 0 spiro atoms. The van der Waals surface area contributed by atoms with Crippen LogP contribution in [-0.2, 0) is 14.0 Å². The molecule has 5 nitrogen and oxygen atoms in total. The molecule has 1 heterocycles. The van der Waals surface area contributed by atoms with Crippen molar-refractivity contribution in [1.29, 1.82) is 0 Å². The number of nitrogens with zero attached hydrogens (tertiary/aromatic N) is 1. The number of hydrogen-bond acceptors (Lipinski definition) is 4. The molecular formula is C19H33NO4Si. The van der Waals surface area contributed by atoms with Crippen molar-refractivity contribution in [3.05, 3.63) is 12.7 Å². The number of carbonyl (C=O) groups is 2. The van der Waals surface area contributed by atoms with E-state index in [1.807, 2.05) is 0 Å². The van der Waals surface area contributed by atoms with E-state index in [0.717, 1.165) is 43.8 Å². The number of amides is 2. The maximum atomic E-state index is 12.7. The third-order valence-corrected chi connectivity index (χ3v) is 10.7. The maximum absolute atomic E-state index is 12.7. The third-order valence-electron chi connectivity index (χ3n) is 6.05. The number of imide groups is 1. The molecule has 0 radical (unpaired) electrons. The van der Waals surface area contributed by atoms with Crippen molar-refractivity contribution in [1.82, 2.24) is 4.90 Å². The standard InChI is InChI=1S/C19H33NO4Si/c1-5-14-23-19(22)20-16(15-12-10-9-11-13-15)17(18(20)21)24-25(6-2,7-3)8-4/h5,15-17H,1,6-14H2,2-4H3. The lowest BCUT2D eigenvalue weighted by Crippen LogP contribution is -2.72. The third kappa shape index (κ3) is 4.17. The van der Waals surface area contributed by atoms with Gasteiger partial charge in [-0.2, -0.15) is 0 Å². The summed E-state index contributed by atoms with van der Waals surface area (Å²) < 4.78 is 11.7. The van der Waals surface area contributed by atoms with E-state index in [2.05, 4.69) is 27.4 Å². The van der Waals surface area contributed by atoms with Crippen molar-refractivity contribution < 1.29 is 18.8 Å². The first kappa shape index (κ1) is 20.2. The van der Waals surface area contributed by atoms with E-state index in [9.17, 15) is 9.59 Å². The summed E-state index contributed by atoms with van der Waals surface area (Å²) in [6.45, 7) is 10.2. The molecule has 1 saturated carbocycles. The number of likely N-dealkylation sites (tertiary alicyclic amines) is 1. The molecule has 2 fully saturated rings. The summed E-state index contributed by atoms with van der Waals surface area (Å²) in [7, 11) is -1.90. The first-order chi connectivity index (χ1) is 12.0. The second kappa shape index (κ2) is 8.99. The molecule has 0 aromatic rings. The molecule has 0 bridgehead atoms. The Labute approximate surface area is 152 Å². The van der Waals surface area contributed by atoms with E-state index in [-0.39, 0.29) is 18.6 Å². The highest BCUT2D eigenvalue weighted by atomic mass is 28.4. The largest absolute Gasteiger partial charge is 0.445 e. The molecule has 2 unspecified atom stereocenters. The van der Waals surface area contributed by atoms with Crippen LogP contribution in [0, 0.1) is 5.92 Å². The Balaban J connectivity index is 2.18. The predicted octanol–water partition coefficient (Wildman–Crippen LogP) is 4.49. The van der Waals surface area contributed by atoms with E-state index in [1.165, 1.54) is 17.4 Å². The van der Waals surface area contributed by atoms with E-state index < -0.39 is 20.5 Å². The number of ether oxygens (including phenoxy) is 1. The minimum absolute atomic E-state index is 0.128. The fourth-order valence-corrected chi connectivity index (χ4v) is 7.00. The zero-order valence-corrected chi connectivity index (χ0v) is 17.0. The lowest BCUT2D eigenvalue weighted by atomic mass is 9.77. The van der Waals surface area contributed by atoms with Gasteiger partial charge in [0.15, 0.2) is 8.32 Å². The molecule has 2 rings (SSSR count). The van der Waals surface area contributed by atoms with Crippen molar-refractivity contribution in [3.63, 3.8) is 0 Å². The van der Waals surface area contributed by atoms with Gasteiger partial charge in [-0.15, -0.1) is 0 Å². The van der Waals surface area contributed by atoms with Gasteiger partial charge in [-0.3, -0.25) is 4.79 Å². The summed E-state index contributed by atoms with van der Waals surface area (Å²) >= 11 is 0. The molecule has 0 aromatic heterocycles. The lowest BCUT2D eigenvalue weighted by molar-refractivity contribution is -0.165. The van der Waals surface area contributed by atoms with Crippen LogP contribution in [0.5, 0.6) is 0 Å². The Hall–Kier alpha value is -1.14. The van der Waals surface area contributed by atoms with Gasteiger partial charge >= 0.3 is 6.09 Å². The quantitative estimate of drug-likeness (QED) is 0.360. The molecule has 1 aliphatic heterocycles. The molecule has 142 valence electrons. The summed E-state index contributed by atoms with van der Waals surface area (Å²) in [6, 6.07) is 2.85. The van der Waals surface area contributed by atoms with Gasteiger partial charge in [-0.1, -0.05) is 52.7 Å². The van der Waals surface area contributed by atoms with Crippen LogP contribution in [0.25, 0.3) is 0 Å². The van der Waals surface area contributed by atoms with Crippen LogP contribution in [0.1, 0.15) is 52.9 Å². The average Bonchev–Trinajstić information content (AvgIpc) is 2.66. The van der Waals surface area contributed by atoms with Crippen LogP contribution in [0.2, 0.25) is 18.1 Å². The molecule has 25 heavy (non-hydrogen) atoms. The molecule has 0 N–H and O–H groups in total. The summed E-state index contributed by atoms with van der Waals surface area (Å²) in [5, 5.41) is 0. The summed E-state index contributed by atoms with van der Waals surface area (Å²) in [5.41, 5.74) is 0. The van der Waals surface area contributed by atoms with Crippen LogP contribution in [0.4, 0.5) is 4.79 Å². The topological polar surface area (TPSA) is 55.8 Å². The molecular weight excluding hydrogens is 334 g/mol. The summed E-state index contributed by atoms with van der Waals surface area (Å²) in [4.78, 5) is 26.4. The van der Waals surface area contributed by atoms with Crippen molar-refractivity contribution >= 4 is 20.3 Å². The van der Waals surface area contributed by atoms with Gasteiger partial charge in [0.25, 0.3) is 5.91 Å². The highest BCUT2D eigenvalue weighted by Crippen LogP contribution is 2.40. The highest BCUT2D eigenvalue weighted by molar-refractivity contribution is 6.73. The summed E-state index contributed by atoms with van der Waals surface area (Å²) in [6.07, 6.45) is 6.20. The Bertz CT molecular complexity index is 478. The molecule has 6 heteroatoms. The molecule has 2 aliphatic rings. The van der Waals surface area contributed by atoms with Gasteiger partial charge in [-0.25, -0.2) is 9.69 Å². The molecule has 1 aliphatic carbocycles. The Morgan fingerprint density at radius 1 is 1.20 bits per heavy atom. The van der Waals surface area contributed by atoms with Gasteiger partial charge in [0.05, 0.1) is 6.04 Å². The van der Waals surface area contributed by atoms with E-state index in [4.69, 9.17) is 9.16 Å². The fourth-order valence-electron chi connectivity index (χ4n) is 4.22. The first-order valence-corrected chi connectivity index (χ1v) is 12.3. The van der Waals surface area contributed by atoms with Crippen LogP contribution < -0.4 is 0 Å². The van der Waals surface area contributed by atoms with Crippen molar-refractivity contribution in [3.8, 4) is 0 Å². The van der Waals surface area contributed by atoms with Crippen molar-refractivity contribution in [2.24, 2.45) is 5.92 Å². The zero-order chi connectivity index (χ0) is 18.4. The first-order valence-electron chi connectivity index (χ1n) is 9.82. The van der Waals surface area contributed by atoms with E-state index in [0.29, 0.717) is 5.92 Å². The monoisotopic (exact) mass is 367 g/mol. The van der Waals surface area contributed by atoms with E-state index in [1.54, 1.807) is 0 Å². The van der Waals surface area contributed by atoms with Crippen molar-refractivity contribution in [2.45, 2.75) is 83.2 Å². The Kier molecular flexibility index (Phi) is 7.25. The van der Waals surface area contributed by atoms with Crippen LogP contribution in [-0.4, -0.2) is 44.0 Å². The number of hydrogen-bond donors (Lipinski definition) is 0. The maximum Gasteiger partial charge on any atom is 0.417 e. The predicted molar refractivity (Wildman–Crippen MR) is 101 cm³/mol. The van der Waals surface area contributed by atoms with Gasteiger partial charge < -0.3 is 9.16 Å².